The molecule has 10 nitrogen and oxygen atoms in total. The zero-order valence-corrected chi connectivity index (χ0v) is 17.8. The van der Waals surface area contributed by atoms with Crippen LogP contribution >= 0.6 is 11.6 Å². The first kappa shape index (κ1) is 22.7. The van der Waals surface area contributed by atoms with E-state index < -0.39 is 33.0 Å². The van der Waals surface area contributed by atoms with E-state index in [0.29, 0.717) is 17.5 Å². The number of sulfonamides is 1. The first-order valence-corrected chi connectivity index (χ1v) is 11.2. The molecule has 0 bridgehead atoms. The molecule has 2 heterocycles. The number of anilines is 2. The minimum Gasteiger partial charge on any atom is -0.474 e. The third kappa shape index (κ3) is 5.03. The van der Waals surface area contributed by atoms with Crippen molar-refractivity contribution in [1.29, 1.82) is 0 Å². The monoisotopic (exact) mass is 471 g/mol. The van der Waals surface area contributed by atoms with Crippen LogP contribution in [0.25, 0.3) is 11.0 Å². The van der Waals surface area contributed by atoms with Crippen molar-refractivity contribution in [2.75, 3.05) is 29.0 Å². The van der Waals surface area contributed by atoms with Gasteiger partial charge in [0, 0.05) is 6.20 Å². The fourth-order valence-corrected chi connectivity index (χ4v) is 4.15. The minimum atomic E-state index is -3.78. The van der Waals surface area contributed by atoms with Crippen molar-refractivity contribution < 1.29 is 27.4 Å². The number of amides is 1. The Balaban J connectivity index is 1.96. The number of ether oxygens (including phenoxy) is 1. The molecule has 0 atom stereocenters. The Labute approximate surface area is 181 Å². The van der Waals surface area contributed by atoms with Crippen LogP contribution in [0.3, 0.4) is 0 Å². The molecule has 0 aliphatic rings. The fraction of sp³-hybridized carbons (Fsp3) is 0.278. The van der Waals surface area contributed by atoms with Gasteiger partial charge in [0.25, 0.3) is 5.91 Å². The maximum Gasteiger partial charge on any atom is 0.260 e. The Morgan fingerprint density at radius 2 is 2.10 bits per heavy atom. The number of carbonyl (C=O) groups is 1. The highest BCUT2D eigenvalue weighted by Crippen LogP contribution is 2.31. The summed E-state index contributed by atoms with van der Waals surface area (Å²) < 4.78 is 46.4. The number of aromatic amines is 1. The lowest BCUT2D eigenvalue weighted by atomic mass is 10.1. The molecule has 1 amide bonds. The SMILES string of the molecule is CCCS(=O)(=O)Nc1ccc(Cl)c(C(=O)Nc2ccnc3[nH]nc(OCCO)c23)c1F. The molecular weight excluding hydrogens is 453 g/mol. The number of halogens is 2. The van der Waals surface area contributed by atoms with Gasteiger partial charge in [0.2, 0.25) is 15.9 Å². The zero-order chi connectivity index (χ0) is 22.6. The van der Waals surface area contributed by atoms with Crippen LogP contribution in [0.4, 0.5) is 15.8 Å². The first-order chi connectivity index (χ1) is 14.8. The van der Waals surface area contributed by atoms with Crippen LogP contribution in [-0.4, -0.2) is 53.6 Å². The van der Waals surface area contributed by atoms with E-state index in [4.69, 9.17) is 21.4 Å². The van der Waals surface area contributed by atoms with Gasteiger partial charge in [-0.05, 0) is 24.6 Å². The molecule has 31 heavy (non-hydrogen) atoms. The number of fused-ring (bicyclic) bond motifs is 1. The molecule has 1 aromatic carbocycles. The van der Waals surface area contributed by atoms with E-state index in [1.165, 1.54) is 18.3 Å². The van der Waals surface area contributed by atoms with Gasteiger partial charge in [-0.3, -0.25) is 14.6 Å². The largest absolute Gasteiger partial charge is 0.474 e. The minimum absolute atomic E-state index is 0.0390. The van der Waals surface area contributed by atoms with E-state index in [0.717, 1.165) is 6.07 Å². The number of nitrogens with zero attached hydrogens (tertiary/aromatic N) is 2. The van der Waals surface area contributed by atoms with Crippen molar-refractivity contribution in [2.24, 2.45) is 0 Å². The summed E-state index contributed by atoms with van der Waals surface area (Å²) in [4.78, 5) is 16.9. The van der Waals surface area contributed by atoms with Gasteiger partial charge in [0.15, 0.2) is 11.5 Å². The molecule has 0 fully saturated rings. The quantitative estimate of drug-likeness (QED) is 0.375. The van der Waals surface area contributed by atoms with E-state index in [9.17, 15) is 13.2 Å². The van der Waals surface area contributed by atoms with Gasteiger partial charge in [-0.15, -0.1) is 5.10 Å². The molecular formula is C18H19ClFN5O5S. The predicted octanol–water partition coefficient (Wildman–Crippen LogP) is 2.53. The van der Waals surface area contributed by atoms with Crippen LogP contribution in [0.1, 0.15) is 23.7 Å². The van der Waals surface area contributed by atoms with Gasteiger partial charge in [-0.1, -0.05) is 18.5 Å². The van der Waals surface area contributed by atoms with Gasteiger partial charge in [-0.25, -0.2) is 17.8 Å². The van der Waals surface area contributed by atoms with E-state index in [-0.39, 0.29) is 35.6 Å². The molecule has 0 aliphatic carbocycles. The average Bonchev–Trinajstić information content (AvgIpc) is 3.12. The van der Waals surface area contributed by atoms with Crippen LogP contribution in [0.5, 0.6) is 5.88 Å². The normalized spacial score (nSPS) is 11.5. The molecule has 4 N–H and O–H groups in total. The number of H-pyrrole nitrogens is 1. The fourth-order valence-electron chi connectivity index (χ4n) is 2.79. The summed E-state index contributed by atoms with van der Waals surface area (Å²) in [6.45, 7) is 1.38. The number of benzene rings is 1. The maximum absolute atomic E-state index is 15.0. The highest BCUT2D eigenvalue weighted by Gasteiger charge is 2.23. The summed E-state index contributed by atoms with van der Waals surface area (Å²) in [5, 5.41) is 18.1. The highest BCUT2D eigenvalue weighted by molar-refractivity contribution is 7.92. The van der Waals surface area contributed by atoms with Crippen LogP contribution in [0, 0.1) is 5.82 Å². The van der Waals surface area contributed by atoms with Gasteiger partial charge in [0.05, 0.1) is 34.3 Å². The summed E-state index contributed by atoms with van der Waals surface area (Å²) in [6, 6.07) is 3.81. The number of pyridine rings is 1. The highest BCUT2D eigenvalue weighted by atomic mass is 35.5. The van der Waals surface area contributed by atoms with Crippen molar-refractivity contribution in [1.82, 2.24) is 15.2 Å². The number of carbonyl (C=O) groups excluding carboxylic acids is 1. The van der Waals surface area contributed by atoms with Crippen molar-refractivity contribution >= 4 is 49.9 Å². The van der Waals surface area contributed by atoms with Gasteiger partial charge < -0.3 is 15.2 Å². The van der Waals surface area contributed by atoms with E-state index in [1.807, 2.05) is 0 Å². The van der Waals surface area contributed by atoms with Crippen molar-refractivity contribution in [3.05, 3.63) is 40.8 Å². The Bertz CT molecular complexity index is 1220. The van der Waals surface area contributed by atoms with Crippen LogP contribution in [0.2, 0.25) is 5.02 Å². The van der Waals surface area contributed by atoms with Crippen LogP contribution in [0.15, 0.2) is 24.4 Å². The molecule has 2 aromatic heterocycles. The second kappa shape index (κ2) is 9.45. The Kier molecular flexibility index (Phi) is 6.93. The summed E-state index contributed by atoms with van der Waals surface area (Å²) in [5.74, 6) is -2.15. The van der Waals surface area contributed by atoms with Gasteiger partial charge in [0.1, 0.15) is 12.0 Å². The van der Waals surface area contributed by atoms with Crippen molar-refractivity contribution in [3.8, 4) is 5.88 Å². The number of aliphatic hydroxyl groups excluding tert-OH is 1. The molecule has 0 radical (unpaired) electrons. The smallest absolute Gasteiger partial charge is 0.260 e. The summed E-state index contributed by atoms with van der Waals surface area (Å²) in [7, 11) is -3.78. The zero-order valence-electron chi connectivity index (χ0n) is 16.3. The lowest BCUT2D eigenvalue weighted by molar-refractivity contribution is 0.102. The molecule has 3 rings (SSSR count). The second-order valence-electron chi connectivity index (χ2n) is 6.34. The molecule has 3 aromatic rings. The second-order valence-corrected chi connectivity index (χ2v) is 8.59. The van der Waals surface area contributed by atoms with Crippen molar-refractivity contribution in [3.63, 3.8) is 0 Å². The number of aliphatic hydroxyl groups is 1. The lowest BCUT2D eigenvalue weighted by Gasteiger charge is -2.13. The summed E-state index contributed by atoms with van der Waals surface area (Å²) in [6.07, 6.45) is 1.72. The van der Waals surface area contributed by atoms with E-state index in [1.54, 1.807) is 6.92 Å². The van der Waals surface area contributed by atoms with Gasteiger partial charge >= 0.3 is 0 Å². The molecule has 13 heteroatoms. The van der Waals surface area contributed by atoms with Gasteiger partial charge in [-0.2, -0.15) is 0 Å². The molecule has 0 saturated heterocycles. The molecule has 0 spiro atoms. The summed E-state index contributed by atoms with van der Waals surface area (Å²) in [5.41, 5.74) is -0.440. The number of rotatable bonds is 9. The number of hydrogen-bond donors (Lipinski definition) is 4. The predicted molar refractivity (Wildman–Crippen MR) is 114 cm³/mol. The number of nitrogens with one attached hydrogen (secondary N) is 3. The molecule has 166 valence electrons. The first-order valence-electron chi connectivity index (χ1n) is 9.14. The number of aromatic nitrogens is 3. The maximum atomic E-state index is 15.0. The lowest BCUT2D eigenvalue weighted by Crippen LogP contribution is -2.20. The Morgan fingerprint density at radius 1 is 1.32 bits per heavy atom. The number of hydrogen-bond acceptors (Lipinski definition) is 7. The van der Waals surface area contributed by atoms with Crippen molar-refractivity contribution in [2.45, 2.75) is 13.3 Å². The third-order valence-electron chi connectivity index (χ3n) is 4.06. The van der Waals surface area contributed by atoms with Crippen LogP contribution in [-0.2, 0) is 10.0 Å². The average molecular weight is 472 g/mol. The van der Waals surface area contributed by atoms with E-state index >= 15 is 4.39 Å². The standard InChI is InChI=1S/C18H19ClFN5O5S/c1-2-9-31(28,29)25-12-4-3-10(19)13(15(12)20)17(27)22-11-5-6-21-16-14(11)18(24-23-16)30-8-7-26/h3-6,25-26H,2,7-9H2,1H3,(H2,21,22,23,24,27). The Morgan fingerprint density at radius 3 is 2.81 bits per heavy atom. The molecule has 0 unspecified atom stereocenters. The Hall–Kier alpha value is -2.96. The third-order valence-corrected chi connectivity index (χ3v) is 5.85. The van der Waals surface area contributed by atoms with Crippen LogP contribution < -0.4 is 14.8 Å². The molecule has 0 aliphatic heterocycles. The topological polar surface area (TPSA) is 146 Å². The summed E-state index contributed by atoms with van der Waals surface area (Å²) >= 11 is 6.03. The van der Waals surface area contributed by atoms with E-state index in [2.05, 4.69) is 25.2 Å². The molecule has 0 saturated carbocycles.